The Morgan fingerprint density at radius 3 is 1.78 bits per heavy atom. The zero-order valence-electron chi connectivity index (χ0n) is 15.6. The summed E-state index contributed by atoms with van der Waals surface area (Å²) in [6.07, 6.45) is 4.71. The number of hydrogen-bond donors (Lipinski definition) is 2. The van der Waals surface area contributed by atoms with Crippen LogP contribution < -0.4 is 20.4 Å². The van der Waals surface area contributed by atoms with Crippen LogP contribution in [-0.4, -0.2) is 47.0 Å². The van der Waals surface area contributed by atoms with Crippen molar-refractivity contribution in [1.82, 2.24) is 15.0 Å². The van der Waals surface area contributed by atoms with Crippen LogP contribution in [0.2, 0.25) is 0 Å². The van der Waals surface area contributed by atoms with Gasteiger partial charge >= 0.3 is 0 Å². The third-order valence-corrected chi connectivity index (χ3v) is 4.85. The highest BCUT2D eigenvalue weighted by Crippen LogP contribution is 2.24. The summed E-state index contributed by atoms with van der Waals surface area (Å²) < 4.78 is 0. The van der Waals surface area contributed by atoms with Crippen LogP contribution in [0.5, 0.6) is 0 Å². The summed E-state index contributed by atoms with van der Waals surface area (Å²) in [5.41, 5.74) is 1.63. The summed E-state index contributed by atoms with van der Waals surface area (Å²) in [5, 5.41) is 6.05. The van der Waals surface area contributed by atoms with E-state index in [1.807, 2.05) is 24.3 Å². The molecule has 8 nitrogen and oxygen atoms in total. The van der Waals surface area contributed by atoms with Crippen molar-refractivity contribution < 1.29 is 4.79 Å². The maximum Gasteiger partial charge on any atom is 0.233 e. The first kappa shape index (κ1) is 17.5. The second-order valence-corrected chi connectivity index (χ2v) is 7.03. The van der Waals surface area contributed by atoms with Gasteiger partial charge in [0.05, 0.1) is 0 Å². The van der Waals surface area contributed by atoms with Gasteiger partial charge in [-0.1, -0.05) is 0 Å². The molecule has 8 heteroatoms. The average molecular weight is 367 g/mol. The molecule has 142 valence electrons. The summed E-state index contributed by atoms with van der Waals surface area (Å²) in [6.45, 7) is 5.47. The molecular formula is C19H25N7O. The lowest BCUT2D eigenvalue weighted by Gasteiger charge is -2.20. The zero-order valence-corrected chi connectivity index (χ0v) is 15.6. The number of nitrogens with zero attached hydrogens (tertiary/aromatic N) is 5. The van der Waals surface area contributed by atoms with E-state index in [4.69, 9.17) is 4.98 Å². The fourth-order valence-corrected chi connectivity index (χ4v) is 3.50. The summed E-state index contributed by atoms with van der Waals surface area (Å²) in [7, 11) is 0. The van der Waals surface area contributed by atoms with Gasteiger partial charge in [-0.3, -0.25) is 4.79 Å². The number of nitrogens with one attached hydrogen (secondary N) is 2. The van der Waals surface area contributed by atoms with E-state index in [0.29, 0.717) is 5.95 Å². The van der Waals surface area contributed by atoms with Crippen LogP contribution in [0.4, 0.5) is 29.2 Å². The van der Waals surface area contributed by atoms with E-state index in [1.165, 1.54) is 32.6 Å². The minimum absolute atomic E-state index is 0.0845. The Labute approximate surface area is 159 Å². The van der Waals surface area contributed by atoms with Crippen molar-refractivity contribution in [3.8, 4) is 0 Å². The lowest BCUT2D eigenvalue weighted by atomic mass is 10.3. The summed E-state index contributed by atoms with van der Waals surface area (Å²) >= 11 is 0. The second-order valence-electron chi connectivity index (χ2n) is 7.03. The minimum atomic E-state index is -0.0845. The molecule has 0 aliphatic carbocycles. The zero-order chi connectivity index (χ0) is 18.6. The number of carbonyl (C=O) groups excluding carboxylic acids is 1. The molecule has 0 radical (unpaired) electrons. The van der Waals surface area contributed by atoms with E-state index in [9.17, 15) is 4.79 Å². The molecule has 4 rings (SSSR count). The summed E-state index contributed by atoms with van der Waals surface area (Å²) in [4.78, 5) is 29.6. The molecule has 27 heavy (non-hydrogen) atoms. The van der Waals surface area contributed by atoms with E-state index < -0.39 is 0 Å². The smallest absolute Gasteiger partial charge is 0.233 e. The van der Waals surface area contributed by atoms with Crippen LogP contribution in [0, 0.1) is 0 Å². The molecule has 1 aromatic carbocycles. The largest absolute Gasteiger partial charge is 0.341 e. The average Bonchev–Trinajstić information content (AvgIpc) is 3.37. The number of aromatic nitrogens is 3. The highest BCUT2D eigenvalue weighted by molar-refractivity contribution is 5.88. The fourth-order valence-electron chi connectivity index (χ4n) is 3.50. The van der Waals surface area contributed by atoms with E-state index >= 15 is 0 Å². The molecule has 2 N–H and O–H groups in total. The van der Waals surface area contributed by atoms with Gasteiger partial charge in [-0.05, 0) is 49.9 Å². The van der Waals surface area contributed by atoms with E-state index in [-0.39, 0.29) is 5.91 Å². The lowest BCUT2D eigenvalue weighted by molar-refractivity contribution is -0.114. The highest BCUT2D eigenvalue weighted by atomic mass is 16.1. The number of hydrogen-bond acceptors (Lipinski definition) is 7. The molecule has 2 aromatic rings. The number of carbonyl (C=O) groups is 1. The van der Waals surface area contributed by atoms with Gasteiger partial charge in [-0.15, -0.1) is 0 Å². The van der Waals surface area contributed by atoms with Gasteiger partial charge in [0, 0.05) is 44.5 Å². The quantitative estimate of drug-likeness (QED) is 0.840. The first-order chi connectivity index (χ1) is 13.2. The molecule has 0 bridgehead atoms. The number of amides is 1. The van der Waals surface area contributed by atoms with Gasteiger partial charge in [0.25, 0.3) is 0 Å². The summed E-state index contributed by atoms with van der Waals surface area (Å²) in [6, 6.07) is 7.52. The summed E-state index contributed by atoms with van der Waals surface area (Å²) in [5.74, 6) is 1.98. The molecule has 0 unspecified atom stereocenters. The van der Waals surface area contributed by atoms with E-state index in [2.05, 4.69) is 30.4 Å². The standard InChI is InChI=1S/C19H25N7O/c1-14(27)20-15-6-8-16(9-7-15)21-17-22-18(25-10-2-3-11-25)24-19(23-17)26-12-4-5-13-26/h6-9H,2-5,10-13H2,1H3,(H,20,27)(H,21,22,23,24). The Balaban J connectivity index is 1.57. The van der Waals surface area contributed by atoms with Crippen LogP contribution in [-0.2, 0) is 4.79 Å². The van der Waals surface area contributed by atoms with Gasteiger partial charge in [0.2, 0.25) is 23.8 Å². The minimum Gasteiger partial charge on any atom is -0.341 e. The normalized spacial score (nSPS) is 16.6. The molecule has 2 saturated heterocycles. The third-order valence-electron chi connectivity index (χ3n) is 4.85. The molecule has 2 aliphatic heterocycles. The predicted molar refractivity (Wildman–Crippen MR) is 107 cm³/mol. The van der Waals surface area contributed by atoms with Crippen LogP contribution in [0.1, 0.15) is 32.6 Å². The van der Waals surface area contributed by atoms with Crippen molar-refractivity contribution in [2.24, 2.45) is 0 Å². The molecule has 0 spiro atoms. The van der Waals surface area contributed by atoms with Gasteiger partial charge in [0.1, 0.15) is 0 Å². The van der Waals surface area contributed by atoms with Crippen LogP contribution in [0.3, 0.4) is 0 Å². The van der Waals surface area contributed by atoms with Crippen molar-refractivity contribution in [3.05, 3.63) is 24.3 Å². The first-order valence-electron chi connectivity index (χ1n) is 9.58. The lowest BCUT2D eigenvalue weighted by Crippen LogP contribution is -2.25. The van der Waals surface area contributed by atoms with Gasteiger partial charge < -0.3 is 20.4 Å². The molecule has 2 fully saturated rings. The van der Waals surface area contributed by atoms with E-state index in [0.717, 1.165) is 49.5 Å². The molecule has 0 saturated carbocycles. The number of anilines is 5. The predicted octanol–water partition coefficient (Wildman–Crippen LogP) is 2.77. The highest BCUT2D eigenvalue weighted by Gasteiger charge is 2.21. The Hall–Kier alpha value is -2.90. The maximum absolute atomic E-state index is 11.2. The Morgan fingerprint density at radius 1 is 0.815 bits per heavy atom. The monoisotopic (exact) mass is 367 g/mol. The molecular weight excluding hydrogens is 342 g/mol. The first-order valence-corrected chi connectivity index (χ1v) is 9.58. The van der Waals surface area contributed by atoms with Crippen LogP contribution in [0.25, 0.3) is 0 Å². The van der Waals surface area contributed by atoms with Gasteiger partial charge in [-0.25, -0.2) is 0 Å². The van der Waals surface area contributed by atoms with Crippen LogP contribution in [0.15, 0.2) is 24.3 Å². The molecule has 3 heterocycles. The number of benzene rings is 1. The van der Waals surface area contributed by atoms with Crippen molar-refractivity contribution in [2.45, 2.75) is 32.6 Å². The van der Waals surface area contributed by atoms with Gasteiger partial charge in [0.15, 0.2) is 0 Å². The number of rotatable bonds is 5. The SMILES string of the molecule is CC(=O)Nc1ccc(Nc2nc(N3CCCC3)nc(N3CCCC3)n2)cc1. The van der Waals surface area contributed by atoms with Crippen molar-refractivity contribution in [3.63, 3.8) is 0 Å². The van der Waals surface area contributed by atoms with Gasteiger partial charge in [-0.2, -0.15) is 15.0 Å². The Kier molecular flexibility index (Phi) is 5.04. The fraction of sp³-hybridized carbons (Fsp3) is 0.474. The van der Waals surface area contributed by atoms with E-state index in [1.54, 1.807) is 0 Å². The molecule has 2 aliphatic rings. The molecule has 1 aromatic heterocycles. The second kappa shape index (κ2) is 7.77. The Bertz CT molecular complexity index is 762. The van der Waals surface area contributed by atoms with Crippen molar-refractivity contribution in [1.29, 1.82) is 0 Å². The maximum atomic E-state index is 11.2. The van der Waals surface area contributed by atoms with Crippen molar-refractivity contribution >= 4 is 35.1 Å². The Morgan fingerprint density at radius 2 is 1.30 bits per heavy atom. The molecule has 0 atom stereocenters. The third kappa shape index (κ3) is 4.27. The van der Waals surface area contributed by atoms with Crippen LogP contribution >= 0.6 is 0 Å². The topological polar surface area (TPSA) is 86.3 Å². The molecule has 1 amide bonds. The van der Waals surface area contributed by atoms with Crippen molar-refractivity contribution in [2.75, 3.05) is 46.6 Å².